The molecule has 0 saturated carbocycles. The van der Waals surface area contributed by atoms with E-state index >= 15 is 0 Å². The van der Waals surface area contributed by atoms with Crippen LogP contribution in [0.15, 0.2) is 18.2 Å². The number of benzene rings is 1. The molecule has 4 heterocycles. The smallest absolute Gasteiger partial charge is 0.262 e. The minimum Gasteiger partial charge on any atom is -0.311 e. The molecule has 8 nitrogen and oxygen atoms in total. The van der Waals surface area contributed by atoms with Gasteiger partial charge in [-0.05, 0) is 56.7 Å². The van der Waals surface area contributed by atoms with Crippen LogP contribution in [0.1, 0.15) is 64.8 Å². The summed E-state index contributed by atoms with van der Waals surface area (Å²) in [6, 6.07) is 5.68. The van der Waals surface area contributed by atoms with Gasteiger partial charge in [0, 0.05) is 31.6 Å². The van der Waals surface area contributed by atoms with E-state index in [0.29, 0.717) is 35.7 Å². The van der Waals surface area contributed by atoms with Gasteiger partial charge in [0.25, 0.3) is 11.8 Å². The predicted octanol–water partition coefficient (Wildman–Crippen LogP) is 1.05. The fraction of sp³-hybridized carbons (Fsp3) is 0.565. The van der Waals surface area contributed by atoms with Crippen molar-refractivity contribution in [1.82, 2.24) is 20.4 Å². The van der Waals surface area contributed by atoms with Gasteiger partial charge in [0.2, 0.25) is 11.8 Å². The van der Waals surface area contributed by atoms with Crippen molar-refractivity contribution >= 4 is 23.6 Å². The highest BCUT2D eigenvalue weighted by Gasteiger charge is 2.45. The lowest BCUT2D eigenvalue weighted by atomic mass is 9.92. The van der Waals surface area contributed by atoms with Crippen LogP contribution < -0.4 is 10.6 Å². The number of hydrogen-bond donors (Lipinski definition) is 2. The van der Waals surface area contributed by atoms with Crippen molar-refractivity contribution in [2.45, 2.75) is 63.2 Å². The van der Waals surface area contributed by atoms with Gasteiger partial charge in [-0.15, -0.1) is 0 Å². The fourth-order valence-electron chi connectivity index (χ4n) is 5.84. The van der Waals surface area contributed by atoms with Gasteiger partial charge in [0.15, 0.2) is 0 Å². The number of hydrogen-bond acceptors (Lipinski definition) is 6. The molecule has 164 valence electrons. The van der Waals surface area contributed by atoms with Crippen molar-refractivity contribution in [1.29, 1.82) is 0 Å². The Kier molecular flexibility index (Phi) is 5.14. The molecule has 0 aliphatic carbocycles. The second-order valence-corrected chi connectivity index (χ2v) is 9.46. The fourth-order valence-corrected chi connectivity index (χ4v) is 5.84. The van der Waals surface area contributed by atoms with E-state index in [9.17, 15) is 19.2 Å². The van der Waals surface area contributed by atoms with Crippen LogP contribution in [0.5, 0.6) is 0 Å². The maximum Gasteiger partial charge on any atom is 0.262 e. The van der Waals surface area contributed by atoms with Crippen LogP contribution in [0.2, 0.25) is 0 Å². The Labute approximate surface area is 181 Å². The molecule has 0 radical (unpaired) electrons. The zero-order chi connectivity index (χ0) is 21.7. The largest absolute Gasteiger partial charge is 0.311 e. The normalized spacial score (nSPS) is 30.2. The molecule has 0 aromatic heterocycles. The van der Waals surface area contributed by atoms with Crippen LogP contribution in [0, 0.1) is 5.92 Å². The lowest BCUT2D eigenvalue weighted by Crippen LogP contribution is -2.54. The molecular weight excluding hydrogens is 396 g/mol. The molecule has 0 spiro atoms. The molecule has 2 unspecified atom stereocenters. The van der Waals surface area contributed by atoms with Crippen molar-refractivity contribution < 1.29 is 19.2 Å². The summed E-state index contributed by atoms with van der Waals surface area (Å²) >= 11 is 0. The summed E-state index contributed by atoms with van der Waals surface area (Å²) in [6.07, 6.45) is 5.21. The van der Waals surface area contributed by atoms with Crippen molar-refractivity contribution in [2.75, 3.05) is 13.6 Å². The number of amides is 4. The Balaban J connectivity index is 1.32. The summed E-state index contributed by atoms with van der Waals surface area (Å²) in [5.41, 5.74) is 1.56. The molecule has 8 heteroatoms. The Bertz CT molecular complexity index is 949. The van der Waals surface area contributed by atoms with Gasteiger partial charge < -0.3 is 10.2 Å². The summed E-state index contributed by atoms with van der Waals surface area (Å²) in [5.74, 6) is -1.19. The van der Waals surface area contributed by atoms with Gasteiger partial charge in [-0.25, -0.2) is 0 Å². The highest BCUT2D eigenvalue weighted by molar-refractivity contribution is 6.24. The number of fused-ring (bicyclic) bond motifs is 3. The van der Waals surface area contributed by atoms with Crippen molar-refractivity contribution in [3.8, 4) is 0 Å². The van der Waals surface area contributed by atoms with E-state index < -0.39 is 23.8 Å². The first-order valence-corrected chi connectivity index (χ1v) is 11.2. The minimum atomic E-state index is -0.930. The molecule has 4 amide bonds. The summed E-state index contributed by atoms with van der Waals surface area (Å²) in [6.45, 7) is 1.53. The molecule has 5 rings (SSSR count). The van der Waals surface area contributed by atoms with Gasteiger partial charge in [-0.2, -0.15) is 0 Å². The number of rotatable bonds is 5. The van der Waals surface area contributed by atoms with Gasteiger partial charge in [0.05, 0.1) is 11.1 Å². The van der Waals surface area contributed by atoms with E-state index in [0.717, 1.165) is 17.0 Å². The summed E-state index contributed by atoms with van der Waals surface area (Å²) < 4.78 is 0. The van der Waals surface area contributed by atoms with Crippen molar-refractivity contribution in [3.05, 3.63) is 34.9 Å². The van der Waals surface area contributed by atoms with Crippen molar-refractivity contribution in [2.24, 2.45) is 5.92 Å². The third-order valence-electron chi connectivity index (χ3n) is 7.14. The molecule has 4 aliphatic rings. The summed E-state index contributed by atoms with van der Waals surface area (Å²) in [4.78, 5) is 53.2. The average molecular weight is 425 g/mol. The molecule has 3 saturated heterocycles. The first kappa shape index (κ1) is 20.3. The number of imide groups is 2. The molecule has 31 heavy (non-hydrogen) atoms. The molecule has 1 aromatic carbocycles. The molecule has 3 fully saturated rings. The van der Waals surface area contributed by atoms with Gasteiger partial charge in [0.1, 0.15) is 6.04 Å². The quantitative estimate of drug-likeness (QED) is 0.686. The zero-order valence-corrected chi connectivity index (χ0v) is 17.7. The maximum absolute atomic E-state index is 13.2. The highest BCUT2D eigenvalue weighted by atomic mass is 16.2. The number of piperidine rings is 2. The van der Waals surface area contributed by atoms with Crippen LogP contribution >= 0.6 is 0 Å². The Morgan fingerprint density at radius 3 is 2.48 bits per heavy atom. The number of nitrogens with zero attached hydrogens (tertiary/aromatic N) is 2. The first-order valence-electron chi connectivity index (χ1n) is 11.2. The van der Waals surface area contributed by atoms with Crippen LogP contribution in [-0.4, -0.2) is 65.1 Å². The van der Waals surface area contributed by atoms with Gasteiger partial charge in [-0.3, -0.25) is 29.4 Å². The van der Waals surface area contributed by atoms with Gasteiger partial charge in [-0.1, -0.05) is 12.1 Å². The Hall–Kier alpha value is -2.58. The Morgan fingerprint density at radius 1 is 1.03 bits per heavy atom. The van der Waals surface area contributed by atoms with Crippen LogP contribution in [0.3, 0.4) is 0 Å². The second-order valence-electron chi connectivity index (χ2n) is 9.46. The Morgan fingerprint density at radius 2 is 1.77 bits per heavy atom. The van der Waals surface area contributed by atoms with Gasteiger partial charge >= 0.3 is 0 Å². The monoisotopic (exact) mass is 424 g/mol. The number of carbonyl (C=O) groups excluding carboxylic acids is 4. The summed E-state index contributed by atoms with van der Waals surface area (Å²) in [5, 5.41) is 5.91. The topological polar surface area (TPSA) is 98.8 Å². The van der Waals surface area contributed by atoms with Crippen molar-refractivity contribution in [3.63, 3.8) is 0 Å². The molecule has 1 aromatic rings. The van der Waals surface area contributed by atoms with E-state index in [1.807, 2.05) is 6.07 Å². The number of carbonyl (C=O) groups is 4. The molecule has 4 aliphatic heterocycles. The lowest BCUT2D eigenvalue weighted by molar-refractivity contribution is -0.136. The maximum atomic E-state index is 13.2. The van der Waals surface area contributed by atoms with Crippen LogP contribution in [0.25, 0.3) is 0 Å². The standard InChI is InChI=1S/C23H28N4O4/c1-26(11-13-9-15-5-6-16(10-13)24-15)12-14-3-2-4-17-20(14)23(31)27(22(17)30)18-7-8-19(28)25-21(18)29/h2-4,13,15-16,18,24H,5-12H2,1H3,(H,25,28,29)/t13?,15-,16+,18?. The van der Waals surface area contributed by atoms with Crippen LogP contribution in [0.4, 0.5) is 0 Å². The van der Waals surface area contributed by atoms with Crippen LogP contribution in [-0.2, 0) is 16.1 Å². The second kappa shape index (κ2) is 7.84. The predicted molar refractivity (Wildman–Crippen MR) is 112 cm³/mol. The minimum absolute atomic E-state index is 0.123. The average Bonchev–Trinajstić information content (AvgIpc) is 3.19. The van der Waals surface area contributed by atoms with E-state index in [2.05, 4.69) is 22.6 Å². The van der Waals surface area contributed by atoms with E-state index in [1.165, 1.54) is 25.7 Å². The first-order chi connectivity index (χ1) is 14.9. The SMILES string of the molecule is CN(Cc1cccc2c1C(=O)N(C1CCC(=O)NC1=O)C2=O)CC1C[C@H]2CC[C@@H](C1)N2. The molecule has 2 bridgehead atoms. The molecular formula is C23H28N4O4. The van der Waals surface area contributed by atoms with E-state index in [4.69, 9.17) is 0 Å². The van der Waals surface area contributed by atoms with E-state index in [-0.39, 0.29) is 18.7 Å². The summed E-state index contributed by atoms with van der Waals surface area (Å²) in [7, 11) is 2.06. The third kappa shape index (κ3) is 3.68. The lowest BCUT2D eigenvalue weighted by Gasteiger charge is -2.32. The molecule has 2 N–H and O–H groups in total. The zero-order valence-electron chi connectivity index (χ0n) is 17.7. The van der Waals surface area contributed by atoms with E-state index in [1.54, 1.807) is 12.1 Å². The molecule has 4 atom stereocenters. The third-order valence-corrected chi connectivity index (χ3v) is 7.14. The number of nitrogens with one attached hydrogen (secondary N) is 2. The highest BCUT2D eigenvalue weighted by Crippen LogP contribution is 2.33.